The van der Waals surface area contributed by atoms with Gasteiger partial charge in [0, 0.05) is 17.4 Å². The van der Waals surface area contributed by atoms with Gasteiger partial charge in [0.25, 0.3) is 5.69 Å². The fourth-order valence-electron chi connectivity index (χ4n) is 2.10. The van der Waals surface area contributed by atoms with Crippen LogP contribution in [0.1, 0.15) is 42.5 Å². The van der Waals surface area contributed by atoms with Gasteiger partial charge in [0.1, 0.15) is 0 Å². The first-order chi connectivity index (χ1) is 9.58. The third-order valence-electron chi connectivity index (χ3n) is 3.20. The zero-order valence-electron chi connectivity index (χ0n) is 10.7. The van der Waals surface area contributed by atoms with E-state index in [4.69, 9.17) is 15.8 Å². The van der Waals surface area contributed by atoms with E-state index in [9.17, 15) is 14.9 Å². The predicted molar refractivity (Wildman–Crippen MR) is 78.0 cm³/mol. The first-order valence-corrected chi connectivity index (χ1v) is 7.58. The number of carbonyl (C=O) groups is 1. The second kappa shape index (κ2) is 6.95. The second-order valence-corrected chi connectivity index (χ2v) is 6.08. The molecule has 1 aromatic carbocycles. The molecule has 0 aromatic heterocycles. The summed E-state index contributed by atoms with van der Waals surface area (Å²) in [5, 5.41) is 11.0. The highest BCUT2D eigenvalue weighted by molar-refractivity contribution is 7.95. The molecule has 108 valence electrons. The van der Waals surface area contributed by atoms with Crippen molar-refractivity contribution < 1.29 is 13.9 Å². The fourth-order valence-corrected chi connectivity index (χ4v) is 3.19. The van der Waals surface area contributed by atoms with Crippen LogP contribution in [-0.4, -0.2) is 16.1 Å². The number of nitrogens with zero attached hydrogens (tertiary/aromatic N) is 1. The molecule has 1 aliphatic carbocycles. The van der Waals surface area contributed by atoms with Crippen LogP contribution in [0.25, 0.3) is 0 Å². The molecule has 20 heavy (non-hydrogen) atoms. The Morgan fingerprint density at radius 3 is 2.65 bits per heavy atom. The average Bonchev–Trinajstić information content (AvgIpc) is 2.45. The molecule has 0 N–H and O–H groups in total. The van der Waals surface area contributed by atoms with Gasteiger partial charge in [-0.15, -0.1) is 0 Å². The Hall–Kier alpha value is -1.27. The van der Waals surface area contributed by atoms with E-state index in [1.165, 1.54) is 30.6 Å². The summed E-state index contributed by atoms with van der Waals surface area (Å²) in [5.41, 5.74) is 0.00654. The van der Waals surface area contributed by atoms with Crippen LogP contribution in [0, 0.1) is 10.1 Å². The van der Waals surface area contributed by atoms with E-state index in [1.54, 1.807) is 0 Å². The molecule has 1 saturated carbocycles. The summed E-state index contributed by atoms with van der Waals surface area (Å²) in [6, 6.07) is 3.72. The van der Waals surface area contributed by atoms with E-state index in [0.717, 1.165) is 31.7 Å². The number of benzene rings is 1. The molecule has 1 fully saturated rings. The van der Waals surface area contributed by atoms with E-state index in [2.05, 4.69) is 0 Å². The summed E-state index contributed by atoms with van der Waals surface area (Å²) in [5.74, 6) is -0.555. The SMILES string of the molecule is O=C(OSC1CCCCC1)c1ccc([N+](=O)[O-])cc1Cl. The summed E-state index contributed by atoms with van der Waals surface area (Å²) in [6.45, 7) is 0. The van der Waals surface area contributed by atoms with E-state index in [0.29, 0.717) is 5.25 Å². The molecule has 1 aromatic rings. The molecular formula is C13H14ClNO4S. The van der Waals surface area contributed by atoms with Gasteiger partial charge in [0.15, 0.2) is 0 Å². The number of hydrogen-bond acceptors (Lipinski definition) is 5. The zero-order chi connectivity index (χ0) is 14.5. The van der Waals surface area contributed by atoms with Gasteiger partial charge in [-0.05, 0) is 18.9 Å². The monoisotopic (exact) mass is 315 g/mol. The van der Waals surface area contributed by atoms with E-state index >= 15 is 0 Å². The number of hydrogen-bond donors (Lipinski definition) is 0. The van der Waals surface area contributed by atoms with E-state index < -0.39 is 10.9 Å². The summed E-state index contributed by atoms with van der Waals surface area (Å²) < 4.78 is 5.17. The highest BCUT2D eigenvalue weighted by atomic mass is 35.5. The molecule has 0 saturated heterocycles. The topological polar surface area (TPSA) is 69.4 Å². The molecule has 0 amide bonds. The average molecular weight is 316 g/mol. The largest absolute Gasteiger partial charge is 0.387 e. The molecule has 0 aliphatic heterocycles. The Bertz CT molecular complexity index is 517. The number of halogens is 1. The third kappa shape index (κ3) is 3.86. The van der Waals surface area contributed by atoms with Gasteiger partial charge < -0.3 is 4.18 Å². The molecule has 0 atom stereocenters. The lowest BCUT2D eigenvalue weighted by atomic mass is 10.0. The number of nitro benzene ring substituents is 1. The lowest BCUT2D eigenvalue weighted by Crippen LogP contribution is -2.11. The Kier molecular flexibility index (Phi) is 5.25. The maximum absolute atomic E-state index is 11.9. The lowest BCUT2D eigenvalue weighted by molar-refractivity contribution is -0.384. The van der Waals surface area contributed by atoms with Crippen LogP contribution in [0.15, 0.2) is 18.2 Å². The van der Waals surface area contributed by atoms with Crippen molar-refractivity contribution >= 4 is 35.3 Å². The van der Waals surface area contributed by atoms with Crippen molar-refractivity contribution in [2.45, 2.75) is 37.4 Å². The first-order valence-electron chi connectivity index (χ1n) is 6.39. The van der Waals surface area contributed by atoms with Gasteiger partial charge in [-0.3, -0.25) is 10.1 Å². The molecule has 0 bridgehead atoms. The minimum Gasteiger partial charge on any atom is -0.387 e. The van der Waals surface area contributed by atoms with Gasteiger partial charge in [-0.1, -0.05) is 30.9 Å². The molecule has 0 heterocycles. The fraction of sp³-hybridized carbons (Fsp3) is 0.462. The number of rotatable bonds is 4. The Morgan fingerprint density at radius 2 is 2.05 bits per heavy atom. The van der Waals surface area contributed by atoms with Crippen LogP contribution in [0.5, 0.6) is 0 Å². The van der Waals surface area contributed by atoms with Crippen LogP contribution in [0.2, 0.25) is 5.02 Å². The first kappa shape index (κ1) is 15.1. The molecule has 5 nitrogen and oxygen atoms in total. The highest BCUT2D eigenvalue weighted by Crippen LogP contribution is 2.30. The Labute approximate surface area is 126 Å². The molecule has 0 unspecified atom stereocenters. The number of non-ortho nitro benzene ring substituents is 1. The maximum Gasteiger partial charge on any atom is 0.351 e. The summed E-state index contributed by atoms with van der Waals surface area (Å²) in [4.78, 5) is 21.9. The van der Waals surface area contributed by atoms with Crippen molar-refractivity contribution in [3.05, 3.63) is 38.9 Å². The van der Waals surface area contributed by atoms with Crippen molar-refractivity contribution in [2.24, 2.45) is 0 Å². The minimum absolute atomic E-state index is 0.0356. The van der Waals surface area contributed by atoms with Crippen LogP contribution in [-0.2, 0) is 4.18 Å². The zero-order valence-corrected chi connectivity index (χ0v) is 12.3. The van der Waals surface area contributed by atoms with Crippen LogP contribution in [0.3, 0.4) is 0 Å². The lowest BCUT2D eigenvalue weighted by Gasteiger charge is -2.19. The van der Waals surface area contributed by atoms with Gasteiger partial charge in [-0.25, -0.2) is 4.79 Å². The van der Waals surface area contributed by atoms with Crippen LogP contribution >= 0.6 is 23.6 Å². The Morgan fingerprint density at radius 1 is 1.35 bits per heavy atom. The summed E-state index contributed by atoms with van der Waals surface area (Å²) in [7, 11) is 0. The second-order valence-electron chi connectivity index (χ2n) is 4.65. The van der Waals surface area contributed by atoms with Gasteiger partial charge in [0.05, 0.1) is 27.6 Å². The molecule has 0 radical (unpaired) electrons. The maximum atomic E-state index is 11.9. The quantitative estimate of drug-likeness (QED) is 0.468. The van der Waals surface area contributed by atoms with Crippen LogP contribution < -0.4 is 0 Å². The van der Waals surface area contributed by atoms with Crippen molar-refractivity contribution in [3.8, 4) is 0 Å². The smallest absolute Gasteiger partial charge is 0.351 e. The molecule has 1 aliphatic rings. The van der Waals surface area contributed by atoms with Crippen LogP contribution in [0.4, 0.5) is 5.69 Å². The summed E-state index contributed by atoms with van der Waals surface area (Å²) in [6.07, 6.45) is 5.65. The Balaban J connectivity index is 1.96. The molecule has 0 spiro atoms. The predicted octanol–water partition coefficient (Wildman–Crippen LogP) is 4.39. The summed E-state index contributed by atoms with van der Waals surface area (Å²) >= 11 is 7.05. The van der Waals surface area contributed by atoms with Crippen molar-refractivity contribution in [3.63, 3.8) is 0 Å². The molecule has 7 heteroatoms. The van der Waals surface area contributed by atoms with E-state index in [-0.39, 0.29) is 16.3 Å². The standard InChI is InChI=1S/C13H14ClNO4S/c14-12-8-9(15(17)18)6-7-11(12)13(16)19-20-10-4-2-1-3-5-10/h6-8,10H,1-5H2. The number of nitro groups is 1. The van der Waals surface area contributed by atoms with Gasteiger partial charge in [-0.2, -0.15) is 0 Å². The van der Waals surface area contributed by atoms with Gasteiger partial charge >= 0.3 is 5.97 Å². The number of carbonyl (C=O) groups excluding carboxylic acids is 1. The van der Waals surface area contributed by atoms with Crippen molar-refractivity contribution in [1.82, 2.24) is 0 Å². The molecular weight excluding hydrogens is 302 g/mol. The third-order valence-corrected chi connectivity index (χ3v) is 4.50. The normalized spacial score (nSPS) is 15.8. The minimum atomic E-state index is -0.558. The van der Waals surface area contributed by atoms with Crippen molar-refractivity contribution in [1.29, 1.82) is 0 Å². The molecule has 2 rings (SSSR count). The highest BCUT2D eigenvalue weighted by Gasteiger charge is 2.20. The van der Waals surface area contributed by atoms with Gasteiger partial charge in [0.2, 0.25) is 0 Å². The van der Waals surface area contributed by atoms with E-state index in [1.807, 2.05) is 0 Å². The van der Waals surface area contributed by atoms with Crippen molar-refractivity contribution in [2.75, 3.05) is 0 Å².